The highest BCUT2D eigenvalue weighted by Gasteiger charge is 2.01. The molecule has 2 aromatic rings. The molecule has 1 aromatic carbocycles. The lowest BCUT2D eigenvalue weighted by Gasteiger charge is -2.08. The molecule has 0 saturated carbocycles. The summed E-state index contributed by atoms with van der Waals surface area (Å²) in [6.45, 7) is 2.70. The van der Waals surface area contributed by atoms with Crippen molar-refractivity contribution >= 4 is 0 Å². The predicted octanol–water partition coefficient (Wildman–Crippen LogP) is 2.32. The Morgan fingerprint density at radius 1 is 1.20 bits per heavy atom. The Kier molecular flexibility index (Phi) is 5.18. The molecule has 0 radical (unpaired) electrons. The quantitative estimate of drug-likeness (QED) is 0.842. The summed E-state index contributed by atoms with van der Waals surface area (Å²) >= 11 is 0. The van der Waals surface area contributed by atoms with Crippen molar-refractivity contribution in [1.82, 2.24) is 9.78 Å². The van der Waals surface area contributed by atoms with E-state index in [1.54, 1.807) is 0 Å². The zero-order valence-corrected chi connectivity index (χ0v) is 12.2. The van der Waals surface area contributed by atoms with E-state index in [0.29, 0.717) is 6.61 Å². The Morgan fingerprint density at radius 3 is 2.55 bits per heavy atom. The van der Waals surface area contributed by atoms with Crippen molar-refractivity contribution in [3.05, 3.63) is 47.8 Å². The van der Waals surface area contributed by atoms with Crippen LogP contribution in [-0.2, 0) is 19.9 Å². The number of aryl methyl sites for hydroxylation is 2. The summed E-state index contributed by atoms with van der Waals surface area (Å²) < 4.78 is 7.62. The lowest BCUT2D eigenvalue weighted by molar-refractivity contribution is 0.318. The molecule has 1 unspecified atom stereocenters. The molecule has 0 fully saturated rings. The normalized spacial score (nSPS) is 12.3. The van der Waals surface area contributed by atoms with Gasteiger partial charge in [-0.2, -0.15) is 5.10 Å². The van der Waals surface area contributed by atoms with Gasteiger partial charge in [0.05, 0.1) is 6.61 Å². The van der Waals surface area contributed by atoms with Crippen LogP contribution in [0.1, 0.15) is 24.6 Å². The molecule has 0 aliphatic rings. The van der Waals surface area contributed by atoms with Crippen LogP contribution in [0.15, 0.2) is 36.5 Å². The molecule has 2 rings (SSSR count). The van der Waals surface area contributed by atoms with E-state index in [1.165, 1.54) is 11.3 Å². The van der Waals surface area contributed by atoms with E-state index < -0.39 is 0 Å². The molecule has 20 heavy (non-hydrogen) atoms. The summed E-state index contributed by atoms with van der Waals surface area (Å²) in [7, 11) is 1.95. The van der Waals surface area contributed by atoms with Gasteiger partial charge < -0.3 is 10.5 Å². The van der Waals surface area contributed by atoms with Crippen molar-refractivity contribution in [1.29, 1.82) is 0 Å². The van der Waals surface area contributed by atoms with Crippen LogP contribution < -0.4 is 10.5 Å². The van der Waals surface area contributed by atoms with Gasteiger partial charge in [-0.05, 0) is 43.5 Å². The second-order valence-corrected chi connectivity index (χ2v) is 5.20. The Hall–Kier alpha value is -1.81. The van der Waals surface area contributed by atoms with Crippen LogP contribution in [0, 0.1) is 0 Å². The lowest BCUT2D eigenvalue weighted by Crippen LogP contribution is -2.15. The number of ether oxygens (including phenoxy) is 1. The van der Waals surface area contributed by atoms with Crippen molar-refractivity contribution in [2.75, 3.05) is 6.61 Å². The standard InChI is InChI=1S/C16H23N3O/c1-13(17)3-4-14-5-7-16(8-6-14)20-12-10-15-9-11-18-19(15)2/h5-9,11,13H,3-4,10,12,17H2,1-2H3. The topological polar surface area (TPSA) is 53.1 Å². The van der Waals surface area contributed by atoms with Crippen molar-refractivity contribution < 1.29 is 4.74 Å². The lowest BCUT2D eigenvalue weighted by atomic mass is 10.1. The largest absolute Gasteiger partial charge is 0.493 e. The molecule has 2 N–H and O–H groups in total. The zero-order chi connectivity index (χ0) is 14.4. The average molecular weight is 273 g/mol. The first-order valence-electron chi connectivity index (χ1n) is 7.09. The molecule has 0 aliphatic heterocycles. The summed E-state index contributed by atoms with van der Waals surface area (Å²) in [6, 6.07) is 10.5. The summed E-state index contributed by atoms with van der Waals surface area (Å²) in [5.41, 5.74) is 8.25. The van der Waals surface area contributed by atoms with Crippen LogP contribution in [0.3, 0.4) is 0 Å². The number of nitrogens with zero attached hydrogens (tertiary/aromatic N) is 2. The molecule has 108 valence electrons. The monoisotopic (exact) mass is 273 g/mol. The first-order valence-corrected chi connectivity index (χ1v) is 7.09. The molecule has 0 saturated heterocycles. The average Bonchev–Trinajstić information content (AvgIpc) is 2.83. The van der Waals surface area contributed by atoms with Crippen LogP contribution in [0.2, 0.25) is 0 Å². The van der Waals surface area contributed by atoms with Crippen molar-refractivity contribution in [3.63, 3.8) is 0 Å². The molecular weight excluding hydrogens is 250 g/mol. The number of benzene rings is 1. The summed E-state index contributed by atoms with van der Waals surface area (Å²) in [5, 5.41) is 4.14. The van der Waals surface area contributed by atoms with Crippen molar-refractivity contribution in [2.45, 2.75) is 32.2 Å². The highest BCUT2D eigenvalue weighted by Crippen LogP contribution is 2.14. The molecule has 0 amide bonds. The minimum Gasteiger partial charge on any atom is -0.493 e. The molecule has 1 heterocycles. The Bertz CT molecular complexity index is 517. The van der Waals surface area contributed by atoms with E-state index in [9.17, 15) is 0 Å². The van der Waals surface area contributed by atoms with Gasteiger partial charge in [0, 0.05) is 31.4 Å². The van der Waals surface area contributed by atoms with Crippen LogP contribution in [0.5, 0.6) is 5.75 Å². The first-order chi connectivity index (χ1) is 9.65. The van der Waals surface area contributed by atoms with Crippen LogP contribution in [0.4, 0.5) is 0 Å². The number of hydrogen-bond donors (Lipinski definition) is 1. The third-order valence-electron chi connectivity index (χ3n) is 3.36. The fraction of sp³-hybridized carbons (Fsp3) is 0.438. The number of aromatic nitrogens is 2. The van der Waals surface area contributed by atoms with Gasteiger partial charge >= 0.3 is 0 Å². The van der Waals surface area contributed by atoms with E-state index in [1.807, 2.05) is 43.0 Å². The molecule has 4 heteroatoms. The van der Waals surface area contributed by atoms with Crippen LogP contribution in [0.25, 0.3) is 0 Å². The minimum absolute atomic E-state index is 0.254. The van der Waals surface area contributed by atoms with E-state index in [2.05, 4.69) is 17.2 Å². The van der Waals surface area contributed by atoms with E-state index in [0.717, 1.165) is 25.0 Å². The molecular formula is C16H23N3O. The predicted molar refractivity (Wildman–Crippen MR) is 80.8 cm³/mol. The second-order valence-electron chi connectivity index (χ2n) is 5.20. The van der Waals surface area contributed by atoms with Gasteiger partial charge in [-0.3, -0.25) is 4.68 Å². The van der Waals surface area contributed by atoms with Gasteiger partial charge in [-0.1, -0.05) is 12.1 Å². The fourth-order valence-corrected chi connectivity index (χ4v) is 2.07. The summed E-state index contributed by atoms with van der Waals surface area (Å²) in [5.74, 6) is 0.914. The third kappa shape index (κ3) is 4.38. The molecule has 4 nitrogen and oxygen atoms in total. The summed E-state index contributed by atoms with van der Waals surface area (Å²) in [4.78, 5) is 0. The SMILES string of the molecule is CC(N)CCc1ccc(OCCc2ccnn2C)cc1. The molecule has 1 atom stereocenters. The number of rotatable bonds is 7. The van der Waals surface area contributed by atoms with Crippen LogP contribution in [-0.4, -0.2) is 22.4 Å². The van der Waals surface area contributed by atoms with E-state index >= 15 is 0 Å². The minimum atomic E-state index is 0.254. The third-order valence-corrected chi connectivity index (χ3v) is 3.36. The van der Waals surface area contributed by atoms with Crippen LogP contribution >= 0.6 is 0 Å². The van der Waals surface area contributed by atoms with E-state index in [-0.39, 0.29) is 6.04 Å². The zero-order valence-electron chi connectivity index (χ0n) is 12.2. The van der Waals surface area contributed by atoms with Crippen molar-refractivity contribution in [2.24, 2.45) is 12.8 Å². The molecule has 1 aromatic heterocycles. The van der Waals surface area contributed by atoms with Gasteiger partial charge in [-0.15, -0.1) is 0 Å². The molecule has 0 bridgehead atoms. The molecule has 0 spiro atoms. The van der Waals surface area contributed by atoms with Gasteiger partial charge in [0.1, 0.15) is 5.75 Å². The smallest absolute Gasteiger partial charge is 0.119 e. The van der Waals surface area contributed by atoms with E-state index in [4.69, 9.17) is 10.5 Å². The highest BCUT2D eigenvalue weighted by molar-refractivity contribution is 5.27. The maximum Gasteiger partial charge on any atom is 0.119 e. The van der Waals surface area contributed by atoms with Gasteiger partial charge in [0.2, 0.25) is 0 Å². The second kappa shape index (κ2) is 7.10. The maximum atomic E-state index is 5.76. The van der Waals surface area contributed by atoms with Gasteiger partial charge in [0.15, 0.2) is 0 Å². The first kappa shape index (κ1) is 14.6. The van der Waals surface area contributed by atoms with Gasteiger partial charge in [0.25, 0.3) is 0 Å². The summed E-state index contributed by atoms with van der Waals surface area (Å²) in [6.07, 6.45) is 4.71. The Balaban J connectivity index is 1.77. The molecule has 0 aliphatic carbocycles. The fourth-order valence-electron chi connectivity index (χ4n) is 2.07. The number of hydrogen-bond acceptors (Lipinski definition) is 3. The number of nitrogens with two attached hydrogens (primary N) is 1. The van der Waals surface area contributed by atoms with Gasteiger partial charge in [-0.25, -0.2) is 0 Å². The Labute approximate surface area is 120 Å². The highest BCUT2D eigenvalue weighted by atomic mass is 16.5. The Morgan fingerprint density at radius 2 is 1.95 bits per heavy atom. The maximum absolute atomic E-state index is 5.76. The van der Waals surface area contributed by atoms with Crippen molar-refractivity contribution in [3.8, 4) is 5.75 Å².